The Balaban J connectivity index is 0. The van der Waals surface area contributed by atoms with Crippen LogP contribution < -0.4 is 69.3 Å². The Labute approximate surface area is 185 Å². The van der Waals surface area contributed by atoms with Crippen LogP contribution in [0.5, 0.6) is 11.5 Å². The molecule has 116 valence electrons. The van der Waals surface area contributed by atoms with Crippen LogP contribution in [0.3, 0.4) is 0 Å². The summed E-state index contributed by atoms with van der Waals surface area (Å²) < 4.78 is 12.3. The van der Waals surface area contributed by atoms with Crippen molar-refractivity contribution in [3.05, 3.63) is 58.4 Å². The van der Waals surface area contributed by atoms with Gasteiger partial charge in [-0.1, -0.05) is 11.6 Å². The number of phenols is 2. The van der Waals surface area contributed by atoms with Gasteiger partial charge >= 0.3 is 59.1 Å². The second-order valence-electron chi connectivity index (χ2n) is 3.90. The number of rotatable bonds is 2. The van der Waals surface area contributed by atoms with Crippen LogP contribution in [0, 0.1) is 5.82 Å². The van der Waals surface area contributed by atoms with Gasteiger partial charge in [-0.3, -0.25) is 0 Å². The summed E-state index contributed by atoms with van der Waals surface area (Å²) in [4.78, 5) is 20.4. The minimum Gasteiger partial charge on any atom is -0.545 e. The standard InChI is InChI=1S/C7H5ClO3.C7H5FO3.2Na/c2*8-4-1-2-6(9)5(3-4)7(10)11;;/h2*1-3,9H,(H,10,11);;/q;;2*+1/p-2. The third-order valence-corrected chi connectivity index (χ3v) is 2.59. The molecule has 0 aliphatic heterocycles. The van der Waals surface area contributed by atoms with Crippen LogP contribution in [0.2, 0.25) is 5.02 Å². The van der Waals surface area contributed by atoms with E-state index in [4.69, 9.17) is 21.8 Å². The van der Waals surface area contributed by atoms with Crippen molar-refractivity contribution in [2.24, 2.45) is 0 Å². The summed E-state index contributed by atoms with van der Waals surface area (Å²) in [5.74, 6) is -4.59. The van der Waals surface area contributed by atoms with Gasteiger partial charge in [0.25, 0.3) is 0 Å². The summed E-state index contributed by atoms with van der Waals surface area (Å²) >= 11 is 5.46. The Morgan fingerprint density at radius 3 is 1.67 bits per heavy atom. The predicted octanol–water partition coefficient (Wildman–Crippen LogP) is -5.69. The van der Waals surface area contributed by atoms with Gasteiger partial charge in [0, 0.05) is 16.1 Å². The summed E-state index contributed by atoms with van der Waals surface area (Å²) in [5, 5.41) is 38.4. The topological polar surface area (TPSA) is 121 Å². The smallest absolute Gasteiger partial charge is 0.545 e. The number of hydrogen-bond donors (Lipinski definition) is 2. The van der Waals surface area contributed by atoms with E-state index in [-0.39, 0.29) is 75.5 Å². The molecule has 0 radical (unpaired) electrons. The Morgan fingerprint density at radius 2 is 1.29 bits per heavy atom. The third kappa shape index (κ3) is 7.85. The van der Waals surface area contributed by atoms with Crippen molar-refractivity contribution >= 4 is 23.5 Å². The first kappa shape index (κ1) is 25.4. The molecule has 0 aliphatic carbocycles. The van der Waals surface area contributed by atoms with Gasteiger partial charge in [0.1, 0.15) is 17.3 Å². The second kappa shape index (κ2) is 11.7. The molecule has 0 spiro atoms. The van der Waals surface area contributed by atoms with E-state index >= 15 is 0 Å². The maximum Gasteiger partial charge on any atom is 1.00 e. The molecule has 2 aromatic rings. The molecule has 0 fully saturated rings. The number of carboxylic acids is 2. The molecule has 0 saturated carbocycles. The molecule has 2 N–H and O–H groups in total. The molecule has 0 aliphatic rings. The fraction of sp³-hybridized carbons (Fsp3) is 0. The maximum atomic E-state index is 12.3. The van der Waals surface area contributed by atoms with Crippen molar-refractivity contribution in [1.82, 2.24) is 0 Å². The summed E-state index contributed by atoms with van der Waals surface area (Å²) in [6, 6.07) is 6.34. The fourth-order valence-electron chi connectivity index (χ4n) is 1.34. The van der Waals surface area contributed by atoms with Crippen molar-refractivity contribution in [2.45, 2.75) is 0 Å². The summed E-state index contributed by atoms with van der Waals surface area (Å²) in [5.41, 5.74) is -0.831. The van der Waals surface area contributed by atoms with Gasteiger partial charge in [0.2, 0.25) is 0 Å². The Morgan fingerprint density at radius 1 is 0.875 bits per heavy atom. The van der Waals surface area contributed by atoms with Gasteiger partial charge in [0.15, 0.2) is 0 Å². The van der Waals surface area contributed by atoms with Crippen LogP contribution in [-0.4, -0.2) is 22.2 Å². The number of halogens is 2. The number of carbonyl (C=O) groups excluding carboxylic acids is 2. The zero-order chi connectivity index (χ0) is 16.9. The van der Waals surface area contributed by atoms with Gasteiger partial charge < -0.3 is 30.0 Å². The van der Waals surface area contributed by atoms with E-state index in [1.165, 1.54) is 12.1 Å². The quantitative estimate of drug-likeness (QED) is 0.507. The van der Waals surface area contributed by atoms with Crippen LogP contribution >= 0.6 is 11.6 Å². The van der Waals surface area contributed by atoms with E-state index in [1.54, 1.807) is 0 Å². The fourth-order valence-corrected chi connectivity index (χ4v) is 1.52. The van der Waals surface area contributed by atoms with Gasteiger partial charge in [-0.15, -0.1) is 0 Å². The van der Waals surface area contributed by atoms with E-state index in [9.17, 15) is 24.2 Å². The van der Waals surface area contributed by atoms with Gasteiger partial charge in [-0.2, -0.15) is 0 Å². The molecule has 0 heterocycles. The molecule has 0 atom stereocenters. The first-order valence-corrected chi connectivity index (χ1v) is 6.00. The second-order valence-corrected chi connectivity index (χ2v) is 4.33. The van der Waals surface area contributed by atoms with Crippen molar-refractivity contribution in [3.63, 3.8) is 0 Å². The number of hydrogen-bond acceptors (Lipinski definition) is 6. The molecule has 6 nitrogen and oxygen atoms in total. The Kier molecular flexibility index (Phi) is 12.4. The molecule has 0 amide bonds. The zero-order valence-corrected chi connectivity index (χ0v) is 17.5. The van der Waals surface area contributed by atoms with Crippen LogP contribution in [-0.2, 0) is 0 Å². The van der Waals surface area contributed by atoms with Gasteiger partial charge in [-0.25, -0.2) is 4.39 Å². The minimum atomic E-state index is -1.60. The van der Waals surface area contributed by atoms with Crippen LogP contribution in [0.15, 0.2) is 36.4 Å². The maximum absolute atomic E-state index is 12.3. The minimum absolute atomic E-state index is 0. The van der Waals surface area contributed by atoms with E-state index in [2.05, 4.69) is 0 Å². The predicted molar refractivity (Wildman–Crippen MR) is 69.8 cm³/mol. The molecule has 2 aromatic carbocycles. The van der Waals surface area contributed by atoms with E-state index in [0.29, 0.717) is 6.07 Å². The van der Waals surface area contributed by atoms with E-state index < -0.39 is 29.1 Å². The van der Waals surface area contributed by atoms with Crippen LogP contribution in [0.1, 0.15) is 20.7 Å². The van der Waals surface area contributed by atoms with E-state index in [1.807, 2.05) is 0 Å². The normalized spacial score (nSPS) is 8.75. The number of aromatic hydroxyl groups is 2. The molecular formula is C14H8ClFNa2O6. The van der Waals surface area contributed by atoms with Crippen molar-refractivity contribution in [2.75, 3.05) is 0 Å². The number of benzene rings is 2. The SMILES string of the molecule is O=C([O-])c1cc(Cl)ccc1O.O=C([O-])c1cc(F)ccc1O.[Na+].[Na+]. The van der Waals surface area contributed by atoms with Crippen molar-refractivity contribution in [1.29, 1.82) is 0 Å². The monoisotopic (exact) mass is 372 g/mol. The largest absolute Gasteiger partial charge is 1.00 e. The Bertz CT molecular complexity index is 665. The van der Waals surface area contributed by atoms with Crippen LogP contribution in [0.25, 0.3) is 0 Å². The van der Waals surface area contributed by atoms with E-state index in [0.717, 1.165) is 18.2 Å². The van der Waals surface area contributed by atoms with Crippen molar-refractivity contribution in [3.8, 4) is 11.5 Å². The summed E-state index contributed by atoms with van der Waals surface area (Å²) in [6.07, 6.45) is 0. The van der Waals surface area contributed by atoms with Gasteiger partial charge in [0.05, 0.1) is 11.9 Å². The first-order valence-electron chi connectivity index (χ1n) is 5.62. The Hall–Kier alpha value is -0.800. The average molecular weight is 373 g/mol. The van der Waals surface area contributed by atoms with Crippen molar-refractivity contribution < 1.29 is 93.5 Å². The number of carboxylic acid groups (broad SMARTS) is 2. The molecule has 0 unspecified atom stereocenters. The van der Waals surface area contributed by atoms with Crippen LogP contribution in [0.4, 0.5) is 4.39 Å². The molecule has 24 heavy (non-hydrogen) atoms. The number of aromatic carboxylic acids is 2. The molecule has 0 aromatic heterocycles. The third-order valence-electron chi connectivity index (χ3n) is 2.36. The molecule has 0 saturated heterocycles. The average Bonchev–Trinajstić information content (AvgIpc) is 2.44. The number of carbonyl (C=O) groups is 2. The van der Waals surface area contributed by atoms with Gasteiger partial charge in [-0.05, 0) is 36.4 Å². The molecule has 0 bridgehead atoms. The summed E-state index contributed by atoms with van der Waals surface area (Å²) in [6.45, 7) is 0. The molecule has 10 heteroatoms. The zero-order valence-electron chi connectivity index (χ0n) is 12.7. The summed E-state index contributed by atoms with van der Waals surface area (Å²) in [7, 11) is 0. The molecular weight excluding hydrogens is 365 g/mol. The first-order chi connectivity index (χ1) is 10.2. The molecule has 2 rings (SSSR count).